The minimum absolute atomic E-state index is 0.182. The lowest BCUT2D eigenvalue weighted by Crippen LogP contribution is -2.33. The normalized spacial score (nSPS) is 14.3. The van der Waals surface area contributed by atoms with Gasteiger partial charge in [0, 0.05) is 34.4 Å². The van der Waals surface area contributed by atoms with E-state index in [4.69, 9.17) is 9.97 Å². The van der Waals surface area contributed by atoms with Crippen molar-refractivity contribution in [3.05, 3.63) is 53.0 Å². The molecule has 0 aliphatic heterocycles. The van der Waals surface area contributed by atoms with Crippen LogP contribution in [0.15, 0.2) is 53.0 Å². The lowest BCUT2D eigenvalue weighted by Gasteiger charge is -2.13. The summed E-state index contributed by atoms with van der Waals surface area (Å²) in [6.45, 7) is 1.21. The number of rotatable bonds is 6. The van der Waals surface area contributed by atoms with Gasteiger partial charge in [-0.1, -0.05) is 53.0 Å². The van der Waals surface area contributed by atoms with Crippen LogP contribution < -0.4 is 10.6 Å². The molecule has 5 nitrogen and oxygen atoms in total. The fraction of sp³-hybridized carbons (Fsp3) is 0.318. The minimum Gasteiger partial charge on any atom is -0.368 e. The molecule has 1 fully saturated rings. The maximum Gasteiger partial charge on any atom is 0.223 e. The van der Waals surface area contributed by atoms with Crippen molar-refractivity contribution in [2.45, 2.75) is 25.7 Å². The first-order chi connectivity index (χ1) is 13.7. The van der Waals surface area contributed by atoms with E-state index < -0.39 is 0 Å². The summed E-state index contributed by atoms with van der Waals surface area (Å²) in [5.74, 6) is 1.85. The van der Waals surface area contributed by atoms with Crippen molar-refractivity contribution in [2.24, 2.45) is 5.92 Å². The number of halogens is 1. The summed E-state index contributed by atoms with van der Waals surface area (Å²) in [7, 11) is 0. The van der Waals surface area contributed by atoms with Crippen molar-refractivity contribution in [3.8, 4) is 11.4 Å². The van der Waals surface area contributed by atoms with E-state index in [9.17, 15) is 4.79 Å². The maximum absolute atomic E-state index is 12.2. The zero-order valence-electron chi connectivity index (χ0n) is 15.6. The second kappa shape index (κ2) is 8.69. The van der Waals surface area contributed by atoms with Gasteiger partial charge in [-0.3, -0.25) is 4.79 Å². The van der Waals surface area contributed by atoms with Gasteiger partial charge in [-0.05, 0) is 37.1 Å². The van der Waals surface area contributed by atoms with Gasteiger partial charge in [-0.2, -0.15) is 0 Å². The van der Waals surface area contributed by atoms with E-state index in [0.717, 1.165) is 39.6 Å². The molecule has 28 heavy (non-hydrogen) atoms. The number of nitrogens with one attached hydrogen (secondary N) is 2. The highest BCUT2D eigenvalue weighted by Crippen LogP contribution is 2.26. The molecular weight excluding hydrogens is 416 g/mol. The summed E-state index contributed by atoms with van der Waals surface area (Å²) in [4.78, 5) is 21.6. The fourth-order valence-electron chi connectivity index (χ4n) is 3.67. The molecule has 4 rings (SSSR count). The average Bonchev–Trinajstić information content (AvgIpc) is 3.26. The van der Waals surface area contributed by atoms with Crippen LogP contribution >= 0.6 is 15.9 Å². The molecule has 1 amide bonds. The molecule has 0 spiro atoms. The van der Waals surface area contributed by atoms with E-state index in [-0.39, 0.29) is 11.8 Å². The van der Waals surface area contributed by atoms with Crippen molar-refractivity contribution in [3.63, 3.8) is 0 Å². The summed E-state index contributed by atoms with van der Waals surface area (Å²) in [6.07, 6.45) is 4.38. The van der Waals surface area contributed by atoms with Gasteiger partial charge in [0.05, 0.1) is 5.52 Å². The van der Waals surface area contributed by atoms with Gasteiger partial charge in [0.15, 0.2) is 5.82 Å². The molecular formula is C22H23BrN4O. The first-order valence-corrected chi connectivity index (χ1v) is 10.5. The van der Waals surface area contributed by atoms with Gasteiger partial charge < -0.3 is 10.6 Å². The molecule has 1 aliphatic carbocycles. The molecule has 2 aromatic carbocycles. The largest absolute Gasteiger partial charge is 0.368 e. The molecule has 0 atom stereocenters. The number of carbonyl (C=O) groups excluding carboxylic acids is 1. The molecule has 144 valence electrons. The molecule has 6 heteroatoms. The Morgan fingerprint density at radius 2 is 1.86 bits per heavy atom. The van der Waals surface area contributed by atoms with E-state index in [0.29, 0.717) is 18.9 Å². The Balaban J connectivity index is 1.50. The first kappa shape index (κ1) is 18.9. The highest BCUT2D eigenvalue weighted by molar-refractivity contribution is 9.10. The zero-order valence-corrected chi connectivity index (χ0v) is 17.2. The van der Waals surface area contributed by atoms with E-state index >= 15 is 0 Å². The molecule has 2 N–H and O–H groups in total. The predicted octanol–water partition coefficient (Wildman–Crippen LogP) is 4.78. The van der Waals surface area contributed by atoms with Crippen molar-refractivity contribution >= 4 is 38.6 Å². The summed E-state index contributed by atoms with van der Waals surface area (Å²) < 4.78 is 0.992. The van der Waals surface area contributed by atoms with Gasteiger partial charge in [-0.15, -0.1) is 0 Å². The maximum atomic E-state index is 12.2. The third kappa shape index (κ3) is 4.33. The van der Waals surface area contributed by atoms with Gasteiger partial charge in [-0.25, -0.2) is 9.97 Å². The average molecular weight is 439 g/mol. The molecule has 0 saturated heterocycles. The van der Waals surface area contributed by atoms with Crippen LogP contribution in [0.2, 0.25) is 0 Å². The molecule has 1 aliphatic rings. The number of nitrogens with zero attached hydrogens (tertiary/aromatic N) is 2. The topological polar surface area (TPSA) is 66.9 Å². The van der Waals surface area contributed by atoms with Crippen LogP contribution in [0.4, 0.5) is 5.82 Å². The second-order valence-corrected chi connectivity index (χ2v) is 8.04. The van der Waals surface area contributed by atoms with Crippen LogP contribution in [0.5, 0.6) is 0 Å². The fourth-order valence-corrected chi connectivity index (χ4v) is 4.07. The number of hydrogen-bond acceptors (Lipinski definition) is 4. The van der Waals surface area contributed by atoms with Crippen LogP contribution in [0, 0.1) is 5.92 Å². The molecule has 1 aromatic heterocycles. The number of carbonyl (C=O) groups is 1. The Bertz CT molecular complexity index is 985. The SMILES string of the molecule is O=C(NCCNc1nc(-c2cccc(Br)c2)nc2ccccc12)C1CCCC1. The Morgan fingerprint density at radius 3 is 2.68 bits per heavy atom. The molecule has 1 saturated carbocycles. The monoisotopic (exact) mass is 438 g/mol. The summed E-state index contributed by atoms with van der Waals surface area (Å²) in [5.41, 5.74) is 1.85. The predicted molar refractivity (Wildman–Crippen MR) is 116 cm³/mol. The lowest BCUT2D eigenvalue weighted by molar-refractivity contribution is -0.124. The van der Waals surface area contributed by atoms with Crippen LogP contribution in [0.1, 0.15) is 25.7 Å². The van der Waals surface area contributed by atoms with Crippen LogP contribution in [-0.4, -0.2) is 29.0 Å². The second-order valence-electron chi connectivity index (χ2n) is 7.12. The minimum atomic E-state index is 0.182. The summed E-state index contributed by atoms with van der Waals surface area (Å²) in [6, 6.07) is 15.9. The summed E-state index contributed by atoms with van der Waals surface area (Å²) in [5, 5.41) is 7.40. The quantitative estimate of drug-likeness (QED) is 0.543. The summed E-state index contributed by atoms with van der Waals surface area (Å²) >= 11 is 3.51. The van der Waals surface area contributed by atoms with E-state index in [1.165, 1.54) is 12.8 Å². The van der Waals surface area contributed by atoms with Gasteiger partial charge >= 0.3 is 0 Å². The van der Waals surface area contributed by atoms with Crippen molar-refractivity contribution in [1.29, 1.82) is 0 Å². The number of fused-ring (bicyclic) bond motifs is 1. The van der Waals surface area contributed by atoms with Gasteiger partial charge in [0.25, 0.3) is 0 Å². The number of aromatic nitrogens is 2. The number of anilines is 1. The van der Waals surface area contributed by atoms with E-state index in [2.05, 4.69) is 26.6 Å². The lowest BCUT2D eigenvalue weighted by atomic mass is 10.1. The van der Waals surface area contributed by atoms with Crippen molar-refractivity contribution in [2.75, 3.05) is 18.4 Å². The van der Waals surface area contributed by atoms with Crippen LogP contribution in [0.25, 0.3) is 22.3 Å². The Morgan fingerprint density at radius 1 is 1.04 bits per heavy atom. The standard InChI is InChI=1S/C22H23BrN4O/c23-17-9-5-8-16(14-17)20-26-19-11-4-3-10-18(19)21(27-20)24-12-13-25-22(28)15-6-1-2-7-15/h3-5,8-11,14-15H,1-2,6-7,12-13H2,(H,25,28)(H,24,26,27). The van der Waals surface area contributed by atoms with Crippen molar-refractivity contribution in [1.82, 2.24) is 15.3 Å². The number of benzene rings is 2. The number of para-hydroxylation sites is 1. The molecule has 0 bridgehead atoms. The molecule has 0 unspecified atom stereocenters. The number of hydrogen-bond donors (Lipinski definition) is 2. The smallest absolute Gasteiger partial charge is 0.223 e. The highest BCUT2D eigenvalue weighted by Gasteiger charge is 2.21. The van der Waals surface area contributed by atoms with Crippen molar-refractivity contribution < 1.29 is 4.79 Å². The third-order valence-electron chi connectivity index (χ3n) is 5.13. The Hall–Kier alpha value is -2.47. The highest BCUT2D eigenvalue weighted by atomic mass is 79.9. The molecule has 3 aromatic rings. The third-order valence-corrected chi connectivity index (χ3v) is 5.62. The number of amides is 1. The Labute approximate surface area is 173 Å². The first-order valence-electron chi connectivity index (χ1n) is 9.75. The Kier molecular flexibility index (Phi) is 5.86. The molecule has 1 heterocycles. The van der Waals surface area contributed by atoms with Crippen LogP contribution in [0.3, 0.4) is 0 Å². The van der Waals surface area contributed by atoms with Crippen LogP contribution in [-0.2, 0) is 4.79 Å². The van der Waals surface area contributed by atoms with Gasteiger partial charge in [0.2, 0.25) is 5.91 Å². The molecule has 0 radical (unpaired) electrons. The van der Waals surface area contributed by atoms with E-state index in [1.807, 2.05) is 48.5 Å². The van der Waals surface area contributed by atoms with Gasteiger partial charge in [0.1, 0.15) is 5.82 Å². The van der Waals surface area contributed by atoms with E-state index in [1.54, 1.807) is 0 Å². The zero-order chi connectivity index (χ0) is 19.3.